The second-order valence-corrected chi connectivity index (χ2v) is 22.5. The predicted molar refractivity (Wildman–Crippen MR) is 288 cm³/mol. The summed E-state index contributed by atoms with van der Waals surface area (Å²) in [5.74, 6) is -1.41. The quantitative estimate of drug-likeness (QED) is 0.0307. The lowest BCUT2D eigenvalue weighted by Crippen LogP contribution is -2.41. The van der Waals surface area contributed by atoms with Crippen LogP contribution in [0.2, 0.25) is 0 Å². The number of carboxylic acids is 1. The minimum absolute atomic E-state index is 0.00757. The van der Waals surface area contributed by atoms with Gasteiger partial charge in [-0.25, -0.2) is 9.59 Å². The summed E-state index contributed by atoms with van der Waals surface area (Å²) in [5.41, 5.74) is 0.627. The van der Waals surface area contributed by atoms with Crippen molar-refractivity contribution in [2.45, 2.75) is 219 Å². The smallest absolute Gasteiger partial charge is 0.407 e. The molecule has 4 amide bonds. The fourth-order valence-corrected chi connectivity index (χ4v) is 10.0. The fourth-order valence-electron chi connectivity index (χ4n) is 7.50. The summed E-state index contributed by atoms with van der Waals surface area (Å²) in [4.78, 5) is 59.8. The Hall–Kier alpha value is -3.05. The van der Waals surface area contributed by atoms with E-state index in [2.05, 4.69) is 28.2 Å². The van der Waals surface area contributed by atoms with E-state index in [1.165, 1.54) is 125 Å². The highest BCUT2D eigenvalue weighted by molar-refractivity contribution is 8.76. The van der Waals surface area contributed by atoms with E-state index in [9.17, 15) is 29.1 Å². The summed E-state index contributed by atoms with van der Waals surface area (Å²) >= 11 is 0. The summed E-state index contributed by atoms with van der Waals surface area (Å²) in [6.45, 7) is 17.5. The number of carbonyl (C=O) groups excluding carboxylic acids is 4. The predicted octanol–water partition coefficient (Wildman–Crippen LogP) is 11.9. The molecule has 1 rings (SSSR count). The van der Waals surface area contributed by atoms with Crippen molar-refractivity contribution in [2.24, 2.45) is 0 Å². The van der Waals surface area contributed by atoms with Crippen molar-refractivity contribution in [1.82, 2.24) is 21.3 Å². The number of carbonyl (C=O) groups is 5. The third-order valence-corrected chi connectivity index (χ3v) is 14.9. The number of hydrogen-bond acceptors (Lipinski definition) is 11. The van der Waals surface area contributed by atoms with Crippen molar-refractivity contribution in [2.75, 3.05) is 58.4 Å². The third kappa shape index (κ3) is 37.7. The lowest BCUT2D eigenvalue weighted by Gasteiger charge is -2.30. The van der Waals surface area contributed by atoms with Gasteiger partial charge in [-0.15, -0.1) is 0 Å². The minimum Gasteiger partial charge on any atom is -0.480 e. The summed E-state index contributed by atoms with van der Waals surface area (Å²) in [7, 11) is 2.88. The summed E-state index contributed by atoms with van der Waals surface area (Å²) < 4.78 is 23.2. The molecule has 1 aromatic carbocycles. The highest BCUT2D eigenvalue weighted by Gasteiger charge is 2.23. The van der Waals surface area contributed by atoms with Gasteiger partial charge in [0, 0.05) is 69.2 Å². The highest BCUT2D eigenvalue weighted by atomic mass is 33.1. The topological polar surface area (TPSA) is 191 Å². The lowest BCUT2D eigenvalue weighted by atomic mass is 10.0. The van der Waals surface area contributed by atoms with Crippen LogP contribution in [0.1, 0.15) is 217 Å². The number of hydrogen-bond donors (Lipinski definition) is 5. The molecule has 0 heterocycles. The number of benzene rings is 1. The molecular formula is C54H96N4O10S2. The van der Waals surface area contributed by atoms with Gasteiger partial charge >= 0.3 is 12.1 Å². The van der Waals surface area contributed by atoms with E-state index in [-0.39, 0.29) is 28.7 Å². The standard InChI is InChI=1S/C54H96N4O10S2/c1-8-9-10-11-12-13-14-15-16-17-18-19-20-21-22-26-38-65-39-27-40-66-52(64)57-35-25-23-24-28-49(60)55-36-33-53(4,5)67-41-34-54(6,7)68-42-37-56-50(61)47-31-29-46(30-32-47)44(2)70-69-43-48(51(62)63)58-45(3)59/h29-32,44,48H,8-28,33-43H2,1-7H3,(H,55,60)(H,56,61)(H,57,64)(H,58,59)(H,62,63)/t44?,48-/m1/s1. The molecule has 2 atom stereocenters. The average molecular weight is 1030 g/mol. The zero-order chi connectivity index (χ0) is 51.7. The van der Waals surface area contributed by atoms with Gasteiger partial charge in [-0.05, 0) is 84.4 Å². The minimum atomic E-state index is -1.07. The van der Waals surface area contributed by atoms with Crippen LogP contribution in [0.4, 0.5) is 4.79 Å². The van der Waals surface area contributed by atoms with Crippen molar-refractivity contribution in [3.05, 3.63) is 35.4 Å². The molecule has 404 valence electrons. The van der Waals surface area contributed by atoms with Gasteiger partial charge in [-0.1, -0.05) is 143 Å². The van der Waals surface area contributed by atoms with Gasteiger partial charge in [-0.2, -0.15) is 0 Å². The molecule has 0 bridgehead atoms. The number of nitrogens with one attached hydrogen (secondary N) is 4. The molecule has 0 aromatic heterocycles. The molecule has 16 heteroatoms. The van der Waals surface area contributed by atoms with Crippen LogP contribution >= 0.6 is 21.6 Å². The Morgan fingerprint density at radius 1 is 0.614 bits per heavy atom. The lowest BCUT2D eigenvalue weighted by molar-refractivity contribution is -0.140. The van der Waals surface area contributed by atoms with Crippen LogP contribution in [-0.2, 0) is 33.3 Å². The van der Waals surface area contributed by atoms with Gasteiger partial charge in [0.25, 0.3) is 5.91 Å². The van der Waals surface area contributed by atoms with E-state index in [4.69, 9.17) is 18.9 Å². The second kappa shape index (κ2) is 41.4. The maximum Gasteiger partial charge on any atom is 0.407 e. The van der Waals surface area contributed by atoms with Crippen molar-refractivity contribution in [1.29, 1.82) is 0 Å². The van der Waals surface area contributed by atoms with Gasteiger partial charge in [0.2, 0.25) is 11.8 Å². The Morgan fingerprint density at radius 2 is 1.17 bits per heavy atom. The molecule has 70 heavy (non-hydrogen) atoms. The number of unbranched alkanes of at least 4 members (excludes halogenated alkanes) is 17. The average Bonchev–Trinajstić information content (AvgIpc) is 3.31. The molecule has 0 aliphatic rings. The van der Waals surface area contributed by atoms with Crippen LogP contribution in [-0.4, -0.2) is 111 Å². The van der Waals surface area contributed by atoms with Gasteiger partial charge < -0.3 is 45.3 Å². The number of carboxylic acid groups (broad SMARTS) is 1. The van der Waals surface area contributed by atoms with Gasteiger partial charge in [0.1, 0.15) is 6.04 Å². The van der Waals surface area contributed by atoms with Gasteiger partial charge in [0.15, 0.2) is 0 Å². The number of amides is 4. The molecule has 1 unspecified atom stereocenters. The Morgan fingerprint density at radius 3 is 1.77 bits per heavy atom. The van der Waals surface area contributed by atoms with Gasteiger partial charge in [-0.3, -0.25) is 14.4 Å². The first-order valence-electron chi connectivity index (χ1n) is 26.7. The van der Waals surface area contributed by atoms with E-state index in [1.54, 1.807) is 12.1 Å². The first-order chi connectivity index (χ1) is 33.5. The van der Waals surface area contributed by atoms with Crippen molar-refractivity contribution < 1.29 is 48.0 Å². The molecule has 5 N–H and O–H groups in total. The Bertz CT molecular complexity index is 1530. The monoisotopic (exact) mass is 1020 g/mol. The van der Waals surface area contributed by atoms with Crippen molar-refractivity contribution >= 4 is 51.4 Å². The molecule has 0 saturated carbocycles. The van der Waals surface area contributed by atoms with Crippen LogP contribution in [0.3, 0.4) is 0 Å². The Kier molecular flexibility index (Phi) is 38.4. The maximum atomic E-state index is 12.8. The number of aliphatic carboxylic acids is 1. The van der Waals surface area contributed by atoms with Crippen LogP contribution in [0.15, 0.2) is 24.3 Å². The Balaban J connectivity index is 2.00. The van der Waals surface area contributed by atoms with Gasteiger partial charge in [0.05, 0.1) is 31.0 Å². The van der Waals surface area contributed by atoms with E-state index in [1.807, 2.05) is 46.8 Å². The van der Waals surface area contributed by atoms with E-state index < -0.39 is 29.3 Å². The highest BCUT2D eigenvalue weighted by Crippen LogP contribution is 2.38. The summed E-state index contributed by atoms with van der Waals surface area (Å²) in [5, 5.41) is 20.5. The van der Waals surface area contributed by atoms with Crippen LogP contribution in [0.25, 0.3) is 0 Å². The Labute approximate surface area is 431 Å². The SMILES string of the molecule is CCCCCCCCCCCCCCCCCCOCCCOC(=O)NCCCCCC(=O)NCCC(C)(C)OCCC(C)(C)OCCNC(=O)c1ccc(C(C)SSC[C@@H](NC(C)=O)C(=O)O)cc1. The first-order valence-corrected chi connectivity index (χ1v) is 29.1. The fraction of sp³-hybridized carbons (Fsp3) is 0.796. The largest absolute Gasteiger partial charge is 0.480 e. The first kappa shape index (κ1) is 65.0. The van der Waals surface area contributed by atoms with Crippen LogP contribution < -0.4 is 21.3 Å². The number of alkyl carbamates (subject to hydrolysis) is 1. The molecule has 0 aliphatic carbocycles. The molecule has 14 nitrogen and oxygen atoms in total. The third-order valence-electron chi connectivity index (χ3n) is 12.0. The molecule has 0 radical (unpaired) electrons. The molecule has 0 spiro atoms. The zero-order valence-electron chi connectivity index (χ0n) is 44.5. The molecule has 0 saturated heterocycles. The maximum absolute atomic E-state index is 12.8. The van der Waals surface area contributed by atoms with E-state index in [0.29, 0.717) is 77.3 Å². The summed E-state index contributed by atoms with van der Waals surface area (Å²) in [6.07, 6.45) is 26.1. The molecule has 0 aliphatic heterocycles. The second-order valence-electron chi connectivity index (χ2n) is 19.7. The normalized spacial score (nSPS) is 12.6. The van der Waals surface area contributed by atoms with Crippen LogP contribution in [0, 0.1) is 0 Å². The molecular weight excluding hydrogens is 929 g/mol. The zero-order valence-corrected chi connectivity index (χ0v) is 46.2. The number of rotatable bonds is 46. The van der Waals surface area contributed by atoms with Crippen LogP contribution in [0.5, 0.6) is 0 Å². The molecule has 0 fully saturated rings. The van der Waals surface area contributed by atoms with E-state index >= 15 is 0 Å². The summed E-state index contributed by atoms with van der Waals surface area (Å²) in [6, 6.07) is 6.35. The number of ether oxygens (including phenoxy) is 4. The van der Waals surface area contributed by atoms with Crippen molar-refractivity contribution in [3.8, 4) is 0 Å². The van der Waals surface area contributed by atoms with Crippen molar-refractivity contribution in [3.63, 3.8) is 0 Å². The molecule has 1 aromatic rings. The van der Waals surface area contributed by atoms with E-state index in [0.717, 1.165) is 37.9 Å².